The van der Waals surface area contributed by atoms with Crippen molar-refractivity contribution >= 4 is 44.8 Å². The molecule has 1 aromatic heterocycles. The second-order valence-corrected chi connectivity index (χ2v) is 6.36. The van der Waals surface area contributed by atoms with Gasteiger partial charge in [0.2, 0.25) is 0 Å². The van der Waals surface area contributed by atoms with Gasteiger partial charge < -0.3 is 0 Å². The highest BCUT2D eigenvalue weighted by Gasteiger charge is 2.06. The number of hydrogen-bond donors (Lipinski definition) is 0. The number of hydrogen-bond acceptors (Lipinski definition) is 4. The minimum atomic E-state index is 0.238. The van der Waals surface area contributed by atoms with Crippen molar-refractivity contribution in [2.75, 3.05) is 5.75 Å². The maximum absolute atomic E-state index is 11.7. The fraction of sp³-hybridized carbons (Fsp3) is 0.167. The van der Waals surface area contributed by atoms with E-state index in [4.69, 9.17) is 0 Å². The van der Waals surface area contributed by atoms with Crippen molar-refractivity contribution in [1.82, 2.24) is 4.98 Å². The lowest BCUT2D eigenvalue weighted by Gasteiger charge is -2.00. The first kappa shape index (κ1) is 12.8. The van der Waals surface area contributed by atoms with Crippen LogP contribution in [0.15, 0.2) is 45.3 Å². The van der Waals surface area contributed by atoms with E-state index in [2.05, 4.69) is 20.9 Å². The van der Waals surface area contributed by atoms with E-state index in [1.165, 1.54) is 11.3 Å². The molecular formula is C12H10BrNOS2. The third-order valence-electron chi connectivity index (χ3n) is 2.07. The fourth-order valence-electron chi connectivity index (χ4n) is 1.27. The lowest BCUT2D eigenvalue weighted by Crippen LogP contribution is -2.04. The number of aromatic nitrogens is 1. The van der Waals surface area contributed by atoms with Gasteiger partial charge in [0.25, 0.3) is 0 Å². The van der Waals surface area contributed by atoms with E-state index >= 15 is 0 Å². The average Bonchev–Trinajstić information content (AvgIpc) is 2.81. The van der Waals surface area contributed by atoms with Gasteiger partial charge in [-0.15, -0.1) is 23.1 Å². The predicted octanol–water partition coefficient (Wildman–Crippen LogP) is 3.81. The zero-order valence-corrected chi connectivity index (χ0v) is 12.1. The van der Waals surface area contributed by atoms with Gasteiger partial charge in [-0.3, -0.25) is 9.78 Å². The number of rotatable bonds is 5. The Morgan fingerprint density at radius 2 is 2.12 bits per heavy atom. The monoisotopic (exact) mass is 327 g/mol. The molecule has 0 spiro atoms. The number of thioether (sulfide) groups is 1. The summed E-state index contributed by atoms with van der Waals surface area (Å²) < 4.78 is 1.05. The van der Waals surface area contributed by atoms with Crippen LogP contribution in [-0.2, 0) is 11.2 Å². The molecule has 0 amide bonds. The Morgan fingerprint density at radius 1 is 1.35 bits per heavy atom. The molecule has 0 saturated heterocycles. The average molecular weight is 328 g/mol. The molecule has 88 valence electrons. The zero-order chi connectivity index (χ0) is 12.1. The molecule has 0 aliphatic carbocycles. The van der Waals surface area contributed by atoms with Crippen molar-refractivity contribution in [2.24, 2.45) is 0 Å². The highest BCUT2D eigenvalue weighted by molar-refractivity contribution is 9.10. The Labute approximate surface area is 117 Å². The number of carbonyl (C=O) groups is 1. The molecule has 0 saturated carbocycles. The molecule has 2 aromatic rings. The third-order valence-corrected chi connectivity index (χ3v) is 4.45. The van der Waals surface area contributed by atoms with E-state index in [1.807, 2.05) is 24.3 Å². The summed E-state index contributed by atoms with van der Waals surface area (Å²) in [6.45, 7) is 0. The molecule has 1 aromatic carbocycles. The quantitative estimate of drug-likeness (QED) is 0.782. The zero-order valence-electron chi connectivity index (χ0n) is 8.93. The molecular weight excluding hydrogens is 318 g/mol. The molecule has 0 N–H and O–H groups in total. The summed E-state index contributed by atoms with van der Waals surface area (Å²) in [7, 11) is 0. The SMILES string of the molecule is O=C(CSc1ccc(Br)cc1)Cc1cncs1. The van der Waals surface area contributed by atoms with Crippen molar-refractivity contribution in [2.45, 2.75) is 11.3 Å². The topological polar surface area (TPSA) is 30.0 Å². The van der Waals surface area contributed by atoms with E-state index in [9.17, 15) is 4.79 Å². The number of thiazole rings is 1. The Bertz CT molecular complexity index is 482. The van der Waals surface area contributed by atoms with Crippen molar-refractivity contribution in [3.8, 4) is 0 Å². The van der Waals surface area contributed by atoms with Crippen molar-refractivity contribution in [3.05, 3.63) is 45.3 Å². The summed E-state index contributed by atoms with van der Waals surface area (Å²) in [4.78, 5) is 17.8. The minimum Gasteiger partial charge on any atom is -0.298 e. The smallest absolute Gasteiger partial charge is 0.148 e. The standard InChI is InChI=1S/C12H10BrNOS2/c13-9-1-3-11(4-2-9)16-7-10(15)5-12-6-14-8-17-12/h1-4,6,8H,5,7H2. The molecule has 1 heterocycles. The van der Waals surface area contributed by atoms with Crippen LogP contribution < -0.4 is 0 Å². The normalized spacial score (nSPS) is 10.4. The number of benzene rings is 1. The van der Waals surface area contributed by atoms with Crippen molar-refractivity contribution in [1.29, 1.82) is 0 Å². The second-order valence-electron chi connectivity index (χ2n) is 3.43. The van der Waals surface area contributed by atoms with Gasteiger partial charge in [0.05, 0.1) is 11.3 Å². The van der Waals surface area contributed by atoms with Gasteiger partial charge in [-0.2, -0.15) is 0 Å². The lowest BCUT2D eigenvalue weighted by atomic mass is 10.3. The van der Waals surface area contributed by atoms with Crippen molar-refractivity contribution < 1.29 is 4.79 Å². The second kappa shape index (κ2) is 6.33. The largest absolute Gasteiger partial charge is 0.298 e. The highest BCUT2D eigenvalue weighted by Crippen LogP contribution is 2.21. The Kier molecular flexibility index (Phi) is 4.76. The first-order chi connectivity index (χ1) is 8.24. The molecule has 2 nitrogen and oxygen atoms in total. The van der Waals surface area contributed by atoms with Crippen LogP contribution in [0.1, 0.15) is 4.88 Å². The van der Waals surface area contributed by atoms with Gasteiger partial charge in [-0.25, -0.2) is 0 Å². The van der Waals surface area contributed by atoms with Crippen LogP contribution >= 0.6 is 39.0 Å². The summed E-state index contributed by atoms with van der Waals surface area (Å²) in [6.07, 6.45) is 2.25. The maximum atomic E-state index is 11.7. The Balaban J connectivity index is 1.82. The first-order valence-corrected chi connectivity index (χ1v) is 7.67. The van der Waals surface area contributed by atoms with Crippen LogP contribution in [0.2, 0.25) is 0 Å². The molecule has 0 fully saturated rings. The summed E-state index contributed by atoms with van der Waals surface area (Å²) in [5, 5.41) is 0. The molecule has 0 bridgehead atoms. The number of Topliss-reactive ketones (excluding diaryl/α,β-unsaturated/α-hetero) is 1. The Hall–Kier alpha value is -0.650. The van der Waals surface area contributed by atoms with E-state index < -0.39 is 0 Å². The summed E-state index contributed by atoms with van der Waals surface area (Å²) in [5.41, 5.74) is 1.75. The minimum absolute atomic E-state index is 0.238. The molecule has 0 aliphatic heterocycles. The molecule has 0 unspecified atom stereocenters. The number of ketones is 1. The summed E-state index contributed by atoms with van der Waals surface area (Å²) in [6, 6.07) is 7.98. The van der Waals surface area contributed by atoms with E-state index in [0.29, 0.717) is 12.2 Å². The van der Waals surface area contributed by atoms with Gasteiger partial charge in [0, 0.05) is 26.9 Å². The number of carbonyl (C=O) groups excluding carboxylic acids is 1. The lowest BCUT2D eigenvalue weighted by molar-refractivity contribution is -0.115. The Morgan fingerprint density at radius 3 is 2.76 bits per heavy atom. The van der Waals surface area contributed by atoms with Gasteiger partial charge in [0.15, 0.2) is 0 Å². The van der Waals surface area contributed by atoms with Crippen molar-refractivity contribution in [3.63, 3.8) is 0 Å². The van der Waals surface area contributed by atoms with E-state index in [1.54, 1.807) is 23.5 Å². The molecule has 0 radical (unpaired) electrons. The molecule has 0 atom stereocenters. The molecule has 0 aliphatic rings. The van der Waals surface area contributed by atoms with Crippen LogP contribution in [0.3, 0.4) is 0 Å². The number of nitrogens with zero attached hydrogens (tertiary/aromatic N) is 1. The molecule has 17 heavy (non-hydrogen) atoms. The van der Waals surface area contributed by atoms with Crippen LogP contribution in [0.25, 0.3) is 0 Å². The van der Waals surface area contributed by atoms with Crippen LogP contribution in [0.5, 0.6) is 0 Å². The van der Waals surface area contributed by atoms with Gasteiger partial charge in [-0.05, 0) is 24.3 Å². The van der Waals surface area contributed by atoms with E-state index in [-0.39, 0.29) is 5.78 Å². The third kappa shape index (κ3) is 4.26. The van der Waals surface area contributed by atoms with Crippen LogP contribution in [0.4, 0.5) is 0 Å². The molecule has 5 heteroatoms. The van der Waals surface area contributed by atoms with E-state index in [0.717, 1.165) is 14.2 Å². The fourth-order valence-corrected chi connectivity index (χ4v) is 2.92. The van der Waals surface area contributed by atoms with Crippen LogP contribution in [0, 0.1) is 0 Å². The summed E-state index contributed by atoms with van der Waals surface area (Å²) >= 11 is 6.48. The predicted molar refractivity (Wildman–Crippen MR) is 75.7 cm³/mol. The van der Waals surface area contributed by atoms with Gasteiger partial charge in [-0.1, -0.05) is 15.9 Å². The van der Waals surface area contributed by atoms with Gasteiger partial charge in [0.1, 0.15) is 5.78 Å². The first-order valence-electron chi connectivity index (χ1n) is 5.01. The van der Waals surface area contributed by atoms with Crippen LogP contribution in [-0.4, -0.2) is 16.5 Å². The maximum Gasteiger partial charge on any atom is 0.148 e. The highest BCUT2D eigenvalue weighted by atomic mass is 79.9. The van der Waals surface area contributed by atoms with Gasteiger partial charge >= 0.3 is 0 Å². The summed E-state index contributed by atoms with van der Waals surface area (Å²) in [5.74, 6) is 0.752. The number of halogens is 1. The molecule has 2 rings (SSSR count).